The average molecular weight is 247 g/mol. The van der Waals surface area contributed by atoms with E-state index in [1.165, 1.54) is 36.8 Å². The molecule has 1 rings (SSSR count). The Balaban J connectivity index is 2.49. The molecule has 0 fully saturated rings. The van der Waals surface area contributed by atoms with E-state index in [9.17, 15) is 0 Å². The fourth-order valence-corrected chi connectivity index (χ4v) is 2.53. The Morgan fingerprint density at radius 2 is 1.83 bits per heavy atom. The van der Waals surface area contributed by atoms with Crippen molar-refractivity contribution in [3.05, 3.63) is 35.4 Å². The summed E-state index contributed by atoms with van der Waals surface area (Å²) in [6.45, 7) is 7.98. The van der Waals surface area contributed by atoms with Crippen molar-refractivity contribution in [2.24, 2.45) is 11.8 Å². The summed E-state index contributed by atoms with van der Waals surface area (Å²) < 4.78 is 0. The van der Waals surface area contributed by atoms with Crippen LogP contribution in [0.2, 0.25) is 0 Å². The summed E-state index contributed by atoms with van der Waals surface area (Å²) in [6.07, 6.45) is 5.27. The van der Waals surface area contributed by atoms with Crippen molar-refractivity contribution in [2.45, 2.75) is 46.5 Å². The van der Waals surface area contributed by atoms with Crippen LogP contribution in [-0.2, 0) is 6.42 Å². The third kappa shape index (κ3) is 5.68. The smallest absolute Gasteiger partial charge is 0.00203 e. The van der Waals surface area contributed by atoms with Crippen LogP contribution in [0.5, 0.6) is 0 Å². The van der Waals surface area contributed by atoms with E-state index in [2.05, 4.69) is 57.4 Å². The lowest BCUT2D eigenvalue weighted by molar-refractivity contribution is 0.417. The van der Waals surface area contributed by atoms with Crippen molar-refractivity contribution in [3.63, 3.8) is 0 Å². The molecule has 0 amide bonds. The van der Waals surface area contributed by atoms with Crippen LogP contribution in [0.25, 0.3) is 0 Å². The Morgan fingerprint density at radius 3 is 2.44 bits per heavy atom. The molecule has 18 heavy (non-hydrogen) atoms. The van der Waals surface area contributed by atoms with E-state index < -0.39 is 0 Å². The Bertz CT molecular complexity index is 330. The predicted octanol–water partition coefficient (Wildman–Crippen LogP) is 4.20. The van der Waals surface area contributed by atoms with Gasteiger partial charge in [-0.1, -0.05) is 51.0 Å². The highest BCUT2D eigenvalue weighted by Crippen LogP contribution is 2.19. The van der Waals surface area contributed by atoms with Gasteiger partial charge in [-0.3, -0.25) is 0 Å². The first-order valence-corrected chi connectivity index (χ1v) is 7.32. The molecular weight excluding hydrogens is 218 g/mol. The number of nitrogens with one attached hydrogen (secondary N) is 1. The maximum atomic E-state index is 3.35. The lowest BCUT2D eigenvalue weighted by atomic mass is 9.91. The van der Waals surface area contributed by atoms with Crippen LogP contribution in [-0.4, -0.2) is 13.6 Å². The van der Waals surface area contributed by atoms with Gasteiger partial charge in [0.15, 0.2) is 0 Å². The second-order valence-electron chi connectivity index (χ2n) is 5.88. The van der Waals surface area contributed by atoms with Gasteiger partial charge in [-0.05, 0) is 56.3 Å². The first-order valence-electron chi connectivity index (χ1n) is 7.32. The summed E-state index contributed by atoms with van der Waals surface area (Å²) >= 11 is 0. The largest absolute Gasteiger partial charge is 0.319 e. The molecule has 0 aliphatic heterocycles. The molecule has 0 aliphatic carbocycles. The summed E-state index contributed by atoms with van der Waals surface area (Å²) in [4.78, 5) is 0. The van der Waals surface area contributed by atoms with Crippen LogP contribution in [0.15, 0.2) is 24.3 Å². The molecule has 102 valence electrons. The molecular formula is C17H29N. The fraction of sp³-hybridized carbons (Fsp3) is 0.647. The molecule has 0 aliphatic rings. The summed E-state index contributed by atoms with van der Waals surface area (Å²) in [7, 11) is 2.06. The highest BCUT2D eigenvalue weighted by Gasteiger charge is 2.10. The molecule has 0 saturated heterocycles. The van der Waals surface area contributed by atoms with Crippen LogP contribution in [0.3, 0.4) is 0 Å². The molecule has 0 spiro atoms. The van der Waals surface area contributed by atoms with Gasteiger partial charge < -0.3 is 5.32 Å². The van der Waals surface area contributed by atoms with Crippen LogP contribution in [0.4, 0.5) is 0 Å². The standard InChI is InChI=1S/C17H29N/c1-14(2)8-7-10-16(13-18-4)12-17-11-6-5-9-15(17)3/h5-6,9,11,14,16,18H,7-8,10,12-13H2,1-4H3. The van der Waals surface area contributed by atoms with Crippen molar-refractivity contribution in [1.82, 2.24) is 5.32 Å². The van der Waals surface area contributed by atoms with Crippen molar-refractivity contribution in [1.29, 1.82) is 0 Å². The zero-order valence-corrected chi connectivity index (χ0v) is 12.5. The second-order valence-corrected chi connectivity index (χ2v) is 5.88. The van der Waals surface area contributed by atoms with Crippen molar-refractivity contribution in [2.75, 3.05) is 13.6 Å². The zero-order chi connectivity index (χ0) is 13.4. The molecule has 0 saturated carbocycles. The highest BCUT2D eigenvalue weighted by atomic mass is 14.8. The topological polar surface area (TPSA) is 12.0 Å². The van der Waals surface area contributed by atoms with Gasteiger partial charge in [0.2, 0.25) is 0 Å². The molecule has 1 aromatic rings. The number of benzene rings is 1. The van der Waals surface area contributed by atoms with Crippen LogP contribution >= 0.6 is 0 Å². The Morgan fingerprint density at radius 1 is 1.11 bits per heavy atom. The van der Waals surface area contributed by atoms with Gasteiger partial charge in [-0.25, -0.2) is 0 Å². The molecule has 0 aromatic heterocycles. The van der Waals surface area contributed by atoms with Crippen molar-refractivity contribution >= 4 is 0 Å². The highest BCUT2D eigenvalue weighted by molar-refractivity contribution is 5.25. The molecule has 1 atom stereocenters. The number of hydrogen-bond acceptors (Lipinski definition) is 1. The SMILES string of the molecule is CNCC(CCCC(C)C)Cc1ccccc1C. The van der Waals surface area contributed by atoms with Crippen LogP contribution < -0.4 is 5.32 Å². The summed E-state index contributed by atoms with van der Waals surface area (Å²) in [5.41, 5.74) is 2.95. The lowest BCUT2D eigenvalue weighted by Gasteiger charge is -2.18. The second kappa shape index (κ2) is 8.31. The quantitative estimate of drug-likeness (QED) is 0.726. The average Bonchev–Trinajstić information content (AvgIpc) is 2.32. The third-order valence-electron chi connectivity index (χ3n) is 3.66. The van der Waals surface area contributed by atoms with Gasteiger partial charge in [-0.2, -0.15) is 0 Å². The lowest BCUT2D eigenvalue weighted by Crippen LogP contribution is -2.21. The maximum Gasteiger partial charge on any atom is -0.00203 e. The van der Waals surface area contributed by atoms with E-state index in [0.717, 1.165) is 18.4 Å². The first kappa shape index (κ1) is 15.2. The predicted molar refractivity (Wildman–Crippen MR) is 81.0 cm³/mol. The minimum atomic E-state index is 0.773. The normalized spacial score (nSPS) is 12.9. The Kier molecular flexibility index (Phi) is 7.04. The summed E-state index contributed by atoms with van der Waals surface area (Å²) in [6, 6.07) is 8.79. The molecule has 1 nitrogen and oxygen atoms in total. The molecule has 1 unspecified atom stereocenters. The van der Waals surface area contributed by atoms with Crippen LogP contribution in [0.1, 0.15) is 44.2 Å². The Labute approximate surface area is 113 Å². The minimum Gasteiger partial charge on any atom is -0.319 e. The molecule has 1 N–H and O–H groups in total. The van der Waals surface area contributed by atoms with Gasteiger partial charge in [0.05, 0.1) is 0 Å². The fourth-order valence-electron chi connectivity index (χ4n) is 2.53. The van der Waals surface area contributed by atoms with Crippen LogP contribution in [0, 0.1) is 18.8 Å². The van der Waals surface area contributed by atoms with E-state index in [-0.39, 0.29) is 0 Å². The van der Waals surface area contributed by atoms with Crippen molar-refractivity contribution in [3.8, 4) is 0 Å². The van der Waals surface area contributed by atoms with Gasteiger partial charge >= 0.3 is 0 Å². The number of aryl methyl sites for hydroxylation is 1. The molecule has 0 radical (unpaired) electrons. The van der Waals surface area contributed by atoms with Crippen molar-refractivity contribution < 1.29 is 0 Å². The summed E-state index contributed by atoms with van der Waals surface area (Å²) in [5.74, 6) is 1.61. The summed E-state index contributed by atoms with van der Waals surface area (Å²) in [5, 5.41) is 3.35. The van der Waals surface area contributed by atoms with Gasteiger partial charge in [0, 0.05) is 0 Å². The molecule has 1 heteroatoms. The minimum absolute atomic E-state index is 0.773. The van der Waals surface area contributed by atoms with E-state index in [0.29, 0.717) is 0 Å². The molecule has 0 heterocycles. The van der Waals surface area contributed by atoms with Gasteiger partial charge in [0.1, 0.15) is 0 Å². The molecule has 1 aromatic carbocycles. The van der Waals surface area contributed by atoms with Gasteiger partial charge in [0.25, 0.3) is 0 Å². The van der Waals surface area contributed by atoms with E-state index in [4.69, 9.17) is 0 Å². The zero-order valence-electron chi connectivity index (χ0n) is 12.5. The molecule has 0 bridgehead atoms. The Hall–Kier alpha value is -0.820. The number of rotatable bonds is 8. The number of hydrogen-bond donors (Lipinski definition) is 1. The van der Waals surface area contributed by atoms with Gasteiger partial charge in [-0.15, -0.1) is 0 Å². The first-order chi connectivity index (χ1) is 8.63. The van der Waals surface area contributed by atoms with E-state index >= 15 is 0 Å². The van der Waals surface area contributed by atoms with E-state index in [1.54, 1.807) is 0 Å². The third-order valence-corrected chi connectivity index (χ3v) is 3.66. The van der Waals surface area contributed by atoms with E-state index in [1.807, 2.05) is 0 Å². The maximum absolute atomic E-state index is 3.35. The monoisotopic (exact) mass is 247 g/mol.